The molecule has 1 N–H and O–H groups in total. The van der Waals surface area contributed by atoms with Crippen LogP contribution in [0.25, 0.3) is 5.76 Å². The van der Waals surface area contributed by atoms with Crippen LogP contribution in [0.3, 0.4) is 0 Å². The highest BCUT2D eigenvalue weighted by atomic mass is 16.5. The molecule has 0 radical (unpaired) electrons. The van der Waals surface area contributed by atoms with Crippen molar-refractivity contribution in [2.24, 2.45) is 0 Å². The lowest BCUT2D eigenvalue weighted by molar-refractivity contribution is -0.144. The van der Waals surface area contributed by atoms with Crippen LogP contribution in [0.5, 0.6) is 5.75 Å². The molecule has 2 saturated heterocycles. The number of morpholine rings is 1. The number of carbonyl (C=O) groups is 3. The number of Topliss-reactive ketones (excluding diaryl/α,β-unsaturated/α-hetero) is 1. The molecular weight excluding hydrogens is 474 g/mol. The van der Waals surface area contributed by atoms with E-state index in [0.29, 0.717) is 68.4 Å². The fraction of sp³-hybridized carbons (Fsp3) is 0.393. The van der Waals surface area contributed by atoms with Crippen molar-refractivity contribution >= 4 is 29.0 Å². The molecule has 3 heterocycles. The average molecular weight is 506 g/mol. The number of anilines is 1. The first-order valence-corrected chi connectivity index (χ1v) is 12.6. The number of aliphatic hydroxyl groups excluding tert-OH is 1. The van der Waals surface area contributed by atoms with E-state index in [1.807, 2.05) is 19.1 Å². The Bertz CT molecular complexity index is 1250. The Morgan fingerprint density at radius 3 is 2.38 bits per heavy atom. The van der Waals surface area contributed by atoms with Crippen molar-refractivity contribution < 1.29 is 29.0 Å². The Kier molecular flexibility index (Phi) is 6.74. The van der Waals surface area contributed by atoms with Crippen LogP contribution in [0.4, 0.5) is 5.69 Å². The molecule has 2 fully saturated rings. The van der Waals surface area contributed by atoms with Crippen molar-refractivity contribution in [3.8, 4) is 5.75 Å². The van der Waals surface area contributed by atoms with Gasteiger partial charge in [-0.15, -0.1) is 0 Å². The fourth-order valence-corrected chi connectivity index (χ4v) is 5.57. The molecule has 5 rings (SSSR count). The quantitative estimate of drug-likeness (QED) is 0.350. The zero-order chi connectivity index (χ0) is 26.2. The monoisotopic (exact) mass is 505 g/mol. The zero-order valence-corrected chi connectivity index (χ0v) is 21.1. The SMILES string of the molecule is CCCN1C(=O)C2(C(=C(O)c3ccc(OC)cc3)C(=O)C(=O)N2CCN2CCOCC2)c2ccccc21. The normalized spacial score (nSPS) is 23.2. The molecule has 9 heteroatoms. The number of ketones is 1. The second-order valence-electron chi connectivity index (χ2n) is 9.38. The predicted octanol–water partition coefficient (Wildman–Crippen LogP) is 2.36. The van der Waals surface area contributed by atoms with Crippen LogP contribution in [-0.2, 0) is 24.7 Å². The number of nitrogens with zero attached hydrogens (tertiary/aromatic N) is 3. The molecule has 2 aromatic rings. The van der Waals surface area contributed by atoms with Gasteiger partial charge in [-0.25, -0.2) is 0 Å². The molecule has 9 nitrogen and oxygen atoms in total. The van der Waals surface area contributed by atoms with Crippen molar-refractivity contribution in [1.29, 1.82) is 0 Å². The smallest absolute Gasteiger partial charge is 0.296 e. The lowest BCUT2D eigenvalue weighted by atomic mass is 9.82. The van der Waals surface area contributed by atoms with E-state index >= 15 is 0 Å². The third-order valence-electron chi connectivity index (χ3n) is 7.36. The number of methoxy groups -OCH3 is 1. The number of carbonyl (C=O) groups excluding carboxylic acids is 3. The largest absolute Gasteiger partial charge is 0.507 e. The number of hydrogen-bond donors (Lipinski definition) is 1. The minimum absolute atomic E-state index is 0.157. The Morgan fingerprint density at radius 1 is 1.00 bits per heavy atom. The van der Waals surface area contributed by atoms with Crippen LogP contribution in [0.15, 0.2) is 54.1 Å². The van der Waals surface area contributed by atoms with Gasteiger partial charge in [-0.2, -0.15) is 0 Å². The van der Waals surface area contributed by atoms with Crippen molar-refractivity contribution in [3.05, 3.63) is 65.2 Å². The summed E-state index contributed by atoms with van der Waals surface area (Å²) in [7, 11) is 1.53. The third kappa shape index (κ3) is 3.89. The van der Waals surface area contributed by atoms with Gasteiger partial charge in [0, 0.05) is 43.9 Å². The van der Waals surface area contributed by atoms with Crippen LogP contribution in [0.1, 0.15) is 24.5 Å². The molecule has 0 aromatic heterocycles. The first-order chi connectivity index (χ1) is 17.9. The number of fused-ring (bicyclic) bond motifs is 2. The van der Waals surface area contributed by atoms with Gasteiger partial charge < -0.3 is 24.4 Å². The Morgan fingerprint density at radius 2 is 1.70 bits per heavy atom. The fourth-order valence-electron chi connectivity index (χ4n) is 5.57. The number of para-hydroxylation sites is 1. The summed E-state index contributed by atoms with van der Waals surface area (Å²) in [6.07, 6.45) is 0.690. The first kappa shape index (κ1) is 25.0. The summed E-state index contributed by atoms with van der Waals surface area (Å²) in [6, 6.07) is 13.8. The van der Waals surface area contributed by atoms with E-state index in [4.69, 9.17) is 9.47 Å². The molecule has 0 bridgehead atoms. The van der Waals surface area contributed by atoms with Crippen LogP contribution < -0.4 is 9.64 Å². The van der Waals surface area contributed by atoms with Crippen LogP contribution >= 0.6 is 0 Å². The summed E-state index contributed by atoms with van der Waals surface area (Å²) in [5.41, 5.74) is -0.430. The molecule has 1 spiro atoms. The van der Waals surface area contributed by atoms with Crippen molar-refractivity contribution in [1.82, 2.24) is 9.80 Å². The van der Waals surface area contributed by atoms with E-state index in [0.717, 1.165) is 0 Å². The van der Waals surface area contributed by atoms with Gasteiger partial charge in [0.15, 0.2) is 5.54 Å². The number of amides is 2. The second kappa shape index (κ2) is 9.99. The van der Waals surface area contributed by atoms with Crippen LogP contribution in [-0.4, -0.2) is 85.6 Å². The lowest BCUT2D eigenvalue weighted by Crippen LogP contribution is -2.54. The highest BCUT2D eigenvalue weighted by molar-refractivity contribution is 6.50. The Hall–Kier alpha value is -3.69. The maximum Gasteiger partial charge on any atom is 0.296 e. The number of hydrogen-bond acceptors (Lipinski definition) is 7. The van der Waals surface area contributed by atoms with E-state index in [1.165, 1.54) is 12.0 Å². The number of likely N-dealkylation sites (tertiary alicyclic amines) is 1. The molecule has 37 heavy (non-hydrogen) atoms. The van der Waals surface area contributed by atoms with E-state index in [2.05, 4.69) is 4.90 Å². The number of benzene rings is 2. The zero-order valence-electron chi connectivity index (χ0n) is 21.1. The Balaban J connectivity index is 1.69. The van der Waals surface area contributed by atoms with Crippen molar-refractivity contribution in [3.63, 3.8) is 0 Å². The average Bonchev–Trinajstić information content (AvgIpc) is 3.31. The maximum atomic E-state index is 14.4. The molecule has 2 aromatic carbocycles. The number of aliphatic hydroxyl groups is 1. The highest BCUT2D eigenvalue weighted by Gasteiger charge is 2.66. The summed E-state index contributed by atoms with van der Waals surface area (Å²) in [4.78, 5) is 46.8. The molecule has 3 aliphatic rings. The predicted molar refractivity (Wildman–Crippen MR) is 137 cm³/mol. The van der Waals surface area contributed by atoms with Gasteiger partial charge in [-0.1, -0.05) is 25.1 Å². The van der Waals surface area contributed by atoms with Gasteiger partial charge >= 0.3 is 0 Å². The summed E-state index contributed by atoms with van der Waals surface area (Å²) in [5, 5.41) is 11.5. The van der Waals surface area contributed by atoms with E-state index < -0.39 is 23.1 Å². The summed E-state index contributed by atoms with van der Waals surface area (Å²) in [5.74, 6) is -1.85. The highest BCUT2D eigenvalue weighted by Crippen LogP contribution is 2.53. The summed E-state index contributed by atoms with van der Waals surface area (Å²) >= 11 is 0. The Labute approximate surface area is 215 Å². The lowest BCUT2D eigenvalue weighted by Gasteiger charge is -2.36. The maximum absolute atomic E-state index is 14.4. The summed E-state index contributed by atoms with van der Waals surface area (Å²) < 4.78 is 10.7. The summed E-state index contributed by atoms with van der Waals surface area (Å²) in [6.45, 7) is 5.61. The number of rotatable bonds is 7. The van der Waals surface area contributed by atoms with Gasteiger partial charge in [0.1, 0.15) is 11.5 Å². The minimum atomic E-state index is -1.74. The van der Waals surface area contributed by atoms with Gasteiger partial charge in [-0.3, -0.25) is 19.3 Å². The van der Waals surface area contributed by atoms with Crippen LogP contribution in [0.2, 0.25) is 0 Å². The van der Waals surface area contributed by atoms with E-state index in [9.17, 15) is 19.5 Å². The first-order valence-electron chi connectivity index (χ1n) is 12.6. The van der Waals surface area contributed by atoms with Gasteiger partial charge in [0.2, 0.25) is 0 Å². The third-order valence-corrected chi connectivity index (χ3v) is 7.36. The standard InChI is InChI=1S/C28H31N3O6/c1-3-12-30-22-7-5-4-6-21(22)28(27(30)35)23(24(32)19-8-10-20(36-2)11-9-19)25(33)26(34)31(28)14-13-29-15-17-37-18-16-29/h4-11,32H,3,12-18H2,1-2H3. The minimum Gasteiger partial charge on any atom is -0.507 e. The van der Waals surface area contributed by atoms with Crippen molar-refractivity contribution in [2.75, 3.05) is 57.9 Å². The van der Waals surface area contributed by atoms with E-state index in [-0.39, 0.29) is 17.9 Å². The van der Waals surface area contributed by atoms with Crippen LogP contribution in [0, 0.1) is 0 Å². The molecule has 3 aliphatic heterocycles. The number of ether oxygens (including phenoxy) is 2. The molecule has 0 saturated carbocycles. The van der Waals surface area contributed by atoms with E-state index in [1.54, 1.807) is 41.3 Å². The molecule has 0 aliphatic carbocycles. The molecule has 1 unspecified atom stereocenters. The molecule has 2 amide bonds. The van der Waals surface area contributed by atoms with Gasteiger partial charge in [0.05, 0.1) is 31.6 Å². The molecule has 1 atom stereocenters. The molecule has 194 valence electrons. The topological polar surface area (TPSA) is 99.6 Å². The van der Waals surface area contributed by atoms with Gasteiger partial charge in [0.25, 0.3) is 17.6 Å². The molecular formula is C28H31N3O6. The second-order valence-corrected chi connectivity index (χ2v) is 9.38. The van der Waals surface area contributed by atoms with Crippen molar-refractivity contribution in [2.45, 2.75) is 18.9 Å². The van der Waals surface area contributed by atoms with Gasteiger partial charge in [-0.05, 0) is 36.8 Å².